The van der Waals surface area contributed by atoms with Crippen molar-refractivity contribution in [3.05, 3.63) is 57.8 Å². The zero-order chi connectivity index (χ0) is 15.2. The average molecular weight is 291 g/mol. The summed E-state index contributed by atoms with van der Waals surface area (Å²) in [5, 5.41) is 8.43. The molecule has 1 heterocycles. The van der Waals surface area contributed by atoms with Crippen molar-refractivity contribution in [2.24, 2.45) is 0 Å². The maximum Gasteiger partial charge on any atom is 0.271 e. The molecule has 6 nitrogen and oxygen atoms in total. The minimum absolute atomic E-state index is 0.112. The van der Waals surface area contributed by atoms with Gasteiger partial charge < -0.3 is 10.1 Å². The summed E-state index contributed by atoms with van der Waals surface area (Å²) >= 11 is 0. The van der Waals surface area contributed by atoms with Crippen molar-refractivity contribution in [2.75, 3.05) is 13.7 Å². The van der Waals surface area contributed by atoms with Gasteiger partial charge >= 0.3 is 0 Å². The third kappa shape index (κ3) is 3.88. The topological polar surface area (TPSA) is 84.1 Å². The second kappa shape index (κ2) is 6.65. The van der Waals surface area contributed by atoms with Gasteiger partial charge in [0, 0.05) is 12.6 Å². The number of rotatable bonds is 5. The molecule has 0 aliphatic rings. The summed E-state index contributed by atoms with van der Waals surface area (Å²) in [6.45, 7) is 0.291. The van der Waals surface area contributed by atoms with Gasteiger partial charge in [0.2, 0.25) is 0 Å². The largest absolute Gasteiger partial charge is 0.496 e. The van der Waals surface area contributed by atoms with Crippen LogP contribution in [0.1, 0.15) is 16.1 Å². The highest BCUT2D eigenvalue weighted by atomic mass is 19.1. The van der Waals surface area contributed by atoms with Crippen LogP contribution in [0.5, 0.6) is 5.75 Å². The summed E-state index contributed by atoms with van der Waals surface area (Å²) in [6.07, 6.45) is 0.413. The Kier molecular flexibility index (Phi) is 4.65. The average Bonchev–Trinajstić information content (AvgIpc) is 2.48. The molecule has 2 rings (SSSR count). The number of benzene rings is 1. The number of nitrogens with one attached hydrogen (secondary N) is 2. The van der Waals surface area contributed by atoms with E-state index in [0.29, 0.717) is 24.3 Å². The number of hydrogen-bond acceptors (Lipinski definition) is 4. The first-order valence-corrected chi connectivity index (χ1v) is 6.26. The van der Waals surface area contributed by atoms with Crippen LogP contribution in [-0.2, 0) is 6.42 Å². The molecule has 1 amide bonds. The van der Waals surface area contributed by atoms with Crippen molar-refractivity contribution in [2.45, 2.75) is 6.42 Å². The molecule has 7 heteroatoms. The molecule has 21 heavy (non-hydrogen) atoms. The number of hydrogen-bond donors (Lipinski definition) is 2. The molecule has 2 aromatic rings. The molecular weight excluding hydrogens is 277 g/mol. The number of H-pyrrole nitrogens is 1. The molecule has 110 valence electrons. The molecule has 0 aliphatic carbocycles. The summed E-state index contributed by atoms with van der Waals surface area (Å²) < 4.78 is 18.3. The number of amides is 1. The molecular formula is C14H14FN3O3. The second-order valence-electron chi connectivity index (χ2n) is 4.27. The monoisotopic (exact) mass is 291 g/mol. The molecule has 1 aromatic heterocycles. The zero-order valence-corrected chi connectivity index (χ0v) is 11.4. The molecule has 0 saturated carbocycles. The van der Waals surface area contributed by atoms with Crippen LogP contribution in [-0.4, -0.2) is 29.8 Å². The lowest BCUT2D eigenvalue weighted by molar-refractivity contribution is 0.0948. The predicted molar refractivity (Wildman–Crippen MR) is 73.8 cm³/mol. The molecule has 0 bridgehead atoms. The third-order valence-electron chi connectivity index (χ3n) is 2.83. The van der Waals surface area contributed by atoms with Gasteiger partial charge in [-0.1, -0.05) is 0 Å². The normalized spacial score (nSPS) is 10.2. The number of carbonyl (C=O) groups excluding carboxylic acids is 1. The van der Waals surface area contributed by atoms with Gasteiger partial charge in [-0.15, -0.1) is 0 Å². The van der Waals surface area contributed by atoms with Crippen molar-refractivity contribution in [1.29, 1.82) is 0 Å². The lowest BCUT2D eigenvalue weighted by atomic mass is 10.1. The van der Waals surface area contributed by atoms with Crippen LogP contribution in [0.25, 0.3) is 0 Å². The lowest BCUT2D eigenvalue weighted by Crippen LogP contribution is -2.27. The first kappa shape index (κ1) is 14.7. The fourth-order valence-corrected chi connectivity index (χ4v) is 1.81. The van der Waals surface area contributed by atoms with Gasteiger partial charge in [-0.2, -0.15) is 5.10 Å². The maximum absolute atomic E-state index is 13.2. The highest BCUT2D eigenvalue weighted by Crippen LogP contribution is 2.19. The van der Waals surface area contributed by atoms with Crippen molar-refractivity contribution in [3.63, 3.8) is 0 Å². The first-order chi connectivity index (χ1) is 10.1. The summed E-state index contributed by atoms with van der Waals surface area (Å²) in [6, 6.07) is 6.76. The molecule has 2 N–H and O–H groups in total. The van der Waals surface area contributed by atoms with Crippen molar-refractivity contribution >= 4 is 5.91 Å². The molecule has 1 aromatic carbocycles. The first-order valence-electron chi connectivity index (χ1n) is 6.26. The summed E-state index contributed by atoms with van der Waals surface area (Å²) in [5.74, 6) is -0.214. The summed E-state index contributed by atoms with van der Waals surface area (Å²) in [5.41, 5.74) is 0.393. The molecule has 0 aliphatic heterocycles. The van der Waals surface area contributed by atoms with E-state index in [4.69, 9.17) is 4.74 Å². The third-order valence-corrected chi connectivity index (χ3v) is 2.83. The summed E-state index contributed by atoms with van der Waals surface area (Å²) in [7, 11) is 1.50. The maximum atomic E-state index is 13.2. The van der Waals surface area contributed by atoms with E-state index in [-0.39, 0.29) is 17.1 Å². The van der Waals surface area contributed by atoms with Crippen LogP contribution in [0.3, 0.4) is 0 Å². The van der Waals surface area contributed by atoms with Gasteiger partial charge in [-0.25, -0.2) is 9.49 Å². The highest BCUT2D eigenvalue weighted by Gasteiger charge is 2.08. The number of methoxy groups -OCH3 is 1. The van der Waals surface area contributed by atoms with E-state index < -0.39 is 5.91 Å². The van der Waals surface area contributed by atoms with E-state index >= 15 is 0 Å². The van der Waals surface area contributed by atoms with E-state index in [1.807, 2.05) is 0 Å². The van der Waals surface area contributed by atoms with Gasteiger partial charge in [-0.3, -0.25) is 9.59 Å². The number of aromatic amines is 1. The number of aromatic nitrogens is 2. The minimum Gasteiger partial charge on any atom is -0.496 e. The van der Waals surface area contributed by atoms with Gasteiger partial charge in [0.25, 0.3) is 11.5 Å². The number of carbonyl (C=O) groups is 1. The van der Waals surface area contributed by atoms with Crippen LogP contribution < -0.4 is 15.6 Å². The Morgan fingerprint density at radius 1 is 1.38 bits per heavy atom. The van der Waals surface area contributed by atoms with Crippen LogP contribution in [0.15, 0.2) is 35.1 Å². The smallest absolute Gasteiger partial charge is 0.271 e. The number of ether oxygens (including phenoxy) is 1. The Morgan fingerprint density at radius 2 is 2.19 bits per heavy atom. The predicted octanol–water partition coefficient (Wildman–Crippen LogP) is 0.890. The molecule has 0 spiro atoms. The van der Waals surface area contributed by atoms with Gasteiger partial charge in [0.05, 0.1) is 7.11 Å². The second-order valence-corrected chi connectivity index (χ2v) is 4.27. The van der Waals surface area contributed by atoms with E-state index in [0.717, 1.165) is 0 Å². The Morgan fingerprint density at radius 3 is 2.86 bits per heavy atom. The van der Waals surface area contributed by atoms with E-state index in [2.05, 4.69) is 15.5 Å². The Labute approximate surface area is 120 Å². The fourth-order valence-electron chi connectivity index (χ4n) is 1.81. The quantitative estimate of drug-likeness (QED) is 0.857. The standard InChI is InChI=1S/C14H14FN3O3/c1-21-12-4-2-10(15)8-9(12)6-7-16-14(20)11-3-5-13(19)18-17-11/h2-5,8H,6-7H2,1H3,(H,16,20)(H,18,19). The minimum atomic E-state index is -0.415. The van der Waals surface area contributed by atoms with Crippen LogP contribution in [0.2, 0.25) is 0 Å². The highest BCUT2D eigenvalue weighted by molar-refractivity contribution is 5.91. The van der Waals surface area contributed by atoms with E-state index in [1.54, 1.807) is 0 Å². The molecule has 0 atom stereocenters. The molecule has 0 unspecified atom stereocenters. The molecule has 0 radical (unpaired) electrons. The summed E-state index contributed by atoms with van der Waals surface area (Å²) in [4.78, 5) is 22.6. The number of nitrogens with zero attached hydrogens (tertiary/aromatic N) is 1. The van der Waals surface area contributed by atoms with Gasteiger partial charge in [0.1, 0.15) is 17.3 Å². The van der Waals surface area contributed by atoms with E-state index in [9.17, 15) is 14.0 Å². The Balaban J connectivity index is 1.95. The van der Waals surface area contributed by atoms with Crippen molar-refractivity contribution in [3.8, 4) is 5.75 Å². The Bertz CT molecular complexity index is 680. The van der Waals surface area contributed by atoms with Crippen molar-refractivity contribution in [1.82, 2.24) is 15.5 Å². The van der Waals surface area contributed by atoms with Gasteiger partial charge in [-0.05, 0) is 36.2 Å². The molecule has 0 fully saturated rings. The van der Waals surface area contributed by atoms with Crippen molar-refractivity contribution < 1.29 is 13.9 Å². The lowest BCUT2D eigenvalue weighted by Gasteiger charge is -2.09. The van der Waals surface area contributed by atoms with Crippen LogP contribution in [0.4, 0.5) is 4.39 Å². The van der Waals surface area contributed by atoms with Crippen LogP contribution in [0, 0.1) is 5.82 Å². The zero-order valence-electron chi connectivity index (χ0n) is 11.4. The Hall–Kier alpha value is -2.70. The van der Waals surface area contributed by atoms with E-state index in [1.165, 1.54) is 37.4 Å². The molecule has 0 saturated heterocycles. The number of halogens is 1. The fraction of sp³-hybridized carbons (Fsp3) is 0.214. The van der Waals surface area contributed by atoms with Crippen LogP contribution >= 0.6 is 0 Å². The SMILES string of the molecule is COc1ccc(F)cc1CCNC(=O)c1ccc(=O)[nH]n1. The van der Waals surface area contributed by atoms with Gasteiger partial charge in [0.15, 0.2) is 0 Å².